The summed E-state index contributed by atoms with van der Waals surface area (Å²) in [4.78, 5) is 16.3. The van der Waals surface area contributed by atoms with Crippen LogP contribution in [0, 0.1) is 13.8 Å². The highest BCUT2D eigenvalue weighted by Crippen LogP contribution is 2.15. The Hall–Kier alpha value is -1.36. The molecule has 0 fully saturated rings. The summed E-state index contributed by atoms with van der Waals surface area (Å²) in [5.74, 6) is 0.438. The monoisotopic (exact) mass is 253 g/mol. The number of nitrogens with zero attached hydrogens (tertiary/aromatic N) is 2. The van der Waals surface area contributed by atoms with Crippen LogP contribution in [0.1, 0.15) is 39.2 Å². The zero-order valence-corrected chi connectivity index (χ0v) is 12.1. The highest BCUT2D eigenvalue weighted by Gasteiger charge is 2.34. The Balaban J connectivity index is 2.81. The van der Waals surface area contributed by atoms with Crippen LogP contribution >= 0.6 is 0 Å². The second-order valence-electron chi connectivity index (χ2n) is 5.98. The molecule has 5 heteroatoms. The molecule has 0 aliphatic rings. The van der Waals surface area contributed by atoms with E-state index < -0.39 is 17.1 Å². The van der Waals surface area contributed by atoms with Crippen molar-refractivity contribution >= 4 is 5.97 Å². The smallest absolute Gasteiger partial charge is 0.328 e. The summed E-state index contributed by atoms with van der Waals surface area (Å²) < 4.78 is 7.20. The molecule has 0 radical (unpaired) electrons. The van der Waals surface area contributed by atoms with Crippen molar-refractivity contribution in [1.29, 1.82) is 0 Å². The molecule has 18 heavy (non-hydrogen) atoms. The van der Waals surface area contributed by atoms with Gasteiger partial charge in [-0.25, -0.2) is 9.78 Å². The van der Waals surface area contributed by atoms with E-state index in [1.165, 1.54) is 0 Å². The predicted octanol–water partition coefficient (Wildman–Crippen LogP) is 1.56. The lowest BCUT2D eigenvalue weighted by Gasteiger charge is -2.28. The number of hydrogen-bond donors (Lipinski definition) is 1. The van der Waals surface area contributed by atoms with Crippen LogP contribution in [-0.4, -0.2) is 26.7 Å². The Labute approximate surface area is 108 Å². The first kappa shape index (κ1) is 14.7. The maximum Gasteiger partial charge on any atom is 0.328 e. The molecule has 2 N–H and O–H groups in total. The Morgan fingerprint density at radius 1 is 1.39 bits per heavy atom. The van der Waals surface area contributed by atoms with Crippen LogP contribution in [0.3, 0.4) is 0 Å². The molecule has 0 saturated carbocycles. The van der Waals surface area contributed by atoms with Crippen molar-refractivity contribution in [2.45, 2.75) is 59.2 Å². The standard InChI is InChI=1S/C13H23N3O2/c1-9-7-16(10(2)15-9)8-13(6,14)11(17)18-12(3,4)5/h7H,8,14H2,1-6H3. The van der Waals surface area contributed by atoms with E-state index in [4.69, 9.17) is 10.5 Å². The van der Waals surface area contributed by atoms with Crippen LogP contribution in [0.4, 0.5) is 0 Å². The fourth-order valence-corrected chi connectivity index (χ4v) is 1.64. The van der Waals surface area contributed by atoms with E-state index >= 15 is 0 Å². The van der Waals surface area contributed by atoms with Crippen LogP contribution in [0.5, 0.6) is 0 Å². The lowest BCUT2D eigenvalue weighted by atomic mass is 10.0. The molecule has 0 saturated heterocycles. The fraction of sp³-hybridized carbons (Fsp3) is 0.692. The van der Waals surface area contributed by atoms with Crippen LogP contribution < -0.4 is 5.73 Å². The van der Waals surface area contributed by atoms with Gasteiger partial charge in [-0.1, -0.05) is 0 Å². The number of hydrogen-bond acceptors (Lipinski definition) is 4. The normalized spacial score (nSPS) is 15.3. The molecule has 1 rings (SSSR count). The molecule has 5 nitrogen and oxygen atoms in total. The zero-order chi connectivity index (χ0) is 14.1. The average Bonchev–Trinajstić information content (AvgIpc) is 2.41. The second-order valence-corrected chi connectivity index (χ2v) is 5.98. The number of nitrogens with two attached hydrogens (primary N) is 1. The zero-order valence-electron chi connectivity index (χ0n) is 12.1. The first-order valence-corrected chi connectivity index (χ1v) is 6.04. The van der Waals surface area contributed by atoms with Gasteiger partial charge >= 0.3 is 5.97 Å². The second kappa shape index (κ2) is 4.72. The minimum atomic E-state index is -1.06. The van der Waals surface area contributed by atoms with Gasteiger partial charge in [-0.05, 0) is 41.5 Å². The van der Waals surface area contributed by atoms with Gasteiger partial charge in [0.05, 0.1) is 12.2 Å². The maximum absolute atomic E-state index is 12.0. The molecule has 1 aromatic rings. The predicted molar refractivity (Wildman–Crippen MR) is 70.1 cm³/mol. The van der Waals surface area contributed by atoms with Crippen molar-refractivity contribution in [1.82, 2.24) is 9.55 Å². The number of aromatic nitrogens is 2. The summed E-state index contributed by atoms with van der Waals surface area (Å²) >= 11 is 0. The Morgan fingerprint density at radius 3 is 2.33 bits per heavy atom. The molecule has 0 aliphatic heterocycles. The minimum Gasteiger partial charge on any atom is -0.459 e. The van der Waals surface area contributed by atoms with Gasteiger partial charge in [0.2, 0.25) is 0 Å². The highest BCUT2D eigenvalue weighted by molar-refractivity contribution is 5.80. The Bertz CT molecular complexity index is 442. The lowest BCUT2D eigenvalue weighted by Crippen LogP contribution is -2.51. The van der Waals surface area contributed by atoms with Gasteiger partial charge in [0, 0.05) is 6.20 Å². The Morgan fingerprint density at radius 2 is 1.94 bits per heavy atom. The first-order chi connectivity index (χ1) is 8.01. The van der Waals surface area contributed by atoms with E-state index in [9.17, 15) is 4.79 Å². The number of esters is 1. The summed E-state index contributed by atoms with van der Waals surface area (Å²) in [6.07, 6.45) is 1.88. The summed E-state index contributed by atoms with van der Waals surface area (Å²) in [6.45, 7) is 11.3. The van der Waals surface area contributed by atoms with Crippen molar-refractivity contribution < 1.29 is 9.53 Å². The number of carbonyl (C=O) groups excluding carboxylic acids is 1. The third-order valence-electron chi connectivity index (χ3n) is 2.46. The van der Waals surface area contributed by atoms with Crippen molar-refractivity contribution in [3.63, 3.8) is 0 Å². The molecule has 0 aliphatic carbocycles. The number of ether oxygens (including phenoxy) is 1. The van der Waals surface area contributed by atoms with Gasteiger partial charge in [-0.15, -0.1) is 0 Å². The summed E-state index contributed by atoms with van der Waals surface area (Å²) in [5.41, 5.74) is 5.37. The van der Waals surface area contributed by atoms with Crippen LogP contribution in [0.25, 0.3) is 0 Å². The molecule has 102 valence electrons. The molecule has 0 amide bonds. The molecular weight excluding hydrogens is 230 g/mol. The van der Waals surface area contributed by atoms with E-state index in [0.29, 0.717) is 6.54 Å². The van der Waals surface area contributed by atoms with Gasteiger partial charge in [0.25, 0.3) is 0 Å². The number of carbonyl (C=O) groups is 1. The first-order valence-electron chi connectivity index (χ1n) is 6.04. The van der Waals surface area contributed by atoms with Crippen molar-refractivity contribution in [2.75, 3.05) is 0 Å². The molecule has 1 heterocycles. The average molecular weight is 253 g/mol. The van der Waals surface area contributed by atoms with E-state index in [1.807, 2.05) is 45.4 Å². The SMILES string of the molecule is Cc1cn(CC(C)(N)C(=O)OC(C)(C)C)c(C)n1. The van der Waals surface area contributed by atoms with E-state index in [0.717, 1.165) is 11.5 Å². The van der Waals surface area contributed by atoms with Crippen molar-refractivity contribution in [3.05, 3.63) is 17.7 Å². The topological polar surface area (TPSA) is 70.1 Å². The molecule has 0 spiro atoms. The molecule has 0 bridgehead atoms. The molecule has 1 atom stereocenters. The summed E-state index contributed by atoms with van der Waals surface area (Å²) in [6, 6.07) is 0. The maximum atomic E-state index is 12.0. The van der Waals surface area contributed by atoms with Gasteiger partial charge in [0.15, 0.2) is 0 Å². The van der Waals surface area contributed by atoms with Crippen LogP contribution in [0.2, 0.25) is 0 Å². The van der Waals surface area contributed by atoms with Gasteiger partial charge in [-0.3, -0.25) is 0 Å². The quantitative estimate of drug-likeness (QED) is 0.830. The van der Waals surface area contributed by atoms with E-state index in [2.05, 4.69) is 4.98 Å². The molecule has 1 unspecified atom stereocenters. The van der Waals surface area contributed by atoms with Gasteiger partial charge in [-0.2, -0.15) is 0 Å². The van der Waals surface area contributed by atoms with Crippen LogP contribution in [-0.2, 0) is 16.1 Å². The molecule has 1 aromatic heterocycles. The van der Waals surface area contributed by atoms with Crippen LogP contribution in [0.15, 0.2) is 6.20 Å². The lowest BCUT2D eigenvalue weighted by molar-refractivity contribution is -0.161. The van der Waals surface area contributed by atoms with Gasteiger partial charge in [0.1, 0.15) is 17.0 Å². The fourth-order valence-electron chi connectivity index (χ4n) is 1.64. The van der Waals surface area contributed by atoms with Crippen molar-refractivity contribution in [2.24, 2.45) is 5.73 Å². The number of rotatable bonds is 3. The minimum absolute atomic E-state index is 0.356. The summed E-state index contributed by atoms with van der Waals surface area (Å²) in [5, 5.41) is 0. The van der Waals surface area contributed by atoms with E-state index in [1.54, 1.807) is 6.92 Å². The molecule has 0 aromatic carbocycles. The number of imidazole rings is 1. The summed E-state index contributed by atoms with van der Waals surface area (Å²) in [7, 11) is 0. The largest absolute Gasteiger partial charge is 0.459 e. The highest BCUT2D eigenvalue weighted by atomic mass is 16.6. The Kier molecular flexibility index (Phi) is 3.86. The molecular formula is C13H23N3O2. The van der Waals surface area contributed by atoms with Crippen molar-refractivity contribution in [3.8, 4) is 0 Å². The third-order valence-corrected chi connectivity index (χ3v) is 2.46. The van der Waals surface area contributed by atoms with E-state index in [-0.39, 0.29) is 0 Å². The number of aryl methyl sites for hydroxylation is 2. The third kappa shape index (κ3) is 3.84. The van der Waals surface area contributed by atoms with Gasteiger partial charge < -0.3 is 15.0 Å².